The predicted octanol–water partition coefficient (Wildman–Crippen LogP) is -0.642. The third-order valence-electron chi connectivity index (χ3n) is 3.65. The van der Waals surface area contributed by atoms with Crippen molar-refractivity contribution in [2.45, 2.75) is 24.9 Å². The van der Waals surface area contributed by atoms with Crippen LogP contribution in [0.5, 0.6) is 0 Å². The lowest BCUT2D eigenvalue weighted by molar-refractivity contribution is -0.147. The van der Waals surface area contributed by atoms with Gasteiger partial charge in [0, 0.05) is 19.0 Å². The van der Waals surface area contributed by atoms with E-state index in [-0.39, 0.29) is 37.9 Å². The molecule has 1 aliphatic heterocycles. The molecular weight excluding hydrogens is 286 g/mol. The average Bonchev–Trinajstić information content (AvgIpc) is 2.91. The summed E-state index contributed by atoms with van der Waals surface area (Å²) in [5, 5.41) is 12.0. The van der Waals surface area contributed by atoms with Crippen LogP contribution in [-0.4, -0.2) is 53.0 Å². The molecule has 1 aliphatic rings. The highest BCUT2D eigenvalue weighted by atomic mass is 16.4. The molecule has 0 spiro atoms. The summed E-state index contributed by atoms with van der Waals surface area (Å²) in [4.78, 5) is 36.1. The average molecular weight is 305 g/mol. The zero-order valence-corrected chi connectivity index (χ0v) is 12.1. The van der Waals surface area contributed by atoms with Crippen LogP contribution in [0.3, 0.4) is 0 Å². The number of carbonyl (C=O) groups is 3. The van der Waals surface area contributed by atoms with E-state index in [0.29, 0.717) is 0 Å². The lowest BCUT2D eigenvalue weighted by atomic mass is 10.1. The van der Waals surface area contributed by atoms with Gasteiger partial charge in [0.1, 0.15) is 6.04 Å². The van der Waals surface area contributed by atoms with Crippen molar-refractivity contribution in [3.8, 4) is 0 Å². The van der Waals surface area contributed by atoms with E-state index in [1.54, 1.807) is 0 Å². The Balaban J connectivity index is 1.94. The monoisotopic (exact) mass is 305 g/mol. The van der Waals surface area contributed by atoms with E-state index in [2.05, 4.69) is 5.32 Å². The fraction of sp³-hybridized carbons (Fsp3) is 0.400. The van der Waals surface area contributed by atoms with Crippen molar-refractivity contribution in [1.82, 2.24) is 10.2 Å². The number of carbonyl (C=O) groups excluding carboxylic acids is 2. The van der Waals surface area contributed by atoms with Gasteiger partial charge in [0.15, 0.2) is 0 Å². The molecule has 0 radical (unpaired) electrons. The number of amides is 2. The molecule has 2 unspecified atom stereocenters. The van der Waals surface area contributed by atoms with E-state index in [1.807, 2.05) is 30.3 Å². The Kier molecular flexibility index (Phi) is 5.11. The first-order chi connectivity index (χ1) is 10.5. The maximum Gasteiger partial charge on any atom is 0.326 e. The van der Waals surface area contributed by atoms with Gasteiger partial charge in [0.05, 0.1) is 13.0 Å². The normalized spacial score (nSPS) is 20.7. The molecule has 2 atom stereocenters. The number of nitrogens with one attached hydrogen (secondary N) is 1. The molecule has 2 amide bonds. The third-order valence-corrected chi connectivity index (χ3v) is 3.65. The van der Waals surface area contributed by atoms with E-state index >= 15 is 0 Å². The Morgan fingerprint density at radius 2 is 1.95 bits per heavy atom. The van der Waals surface area contributed by atoms with Crippen LogP contribution in [0.4, 0.5) is 0 Å². The van der Waals surface area contributed by atoms with Crippen molar-refractivity contribution in [3.63, 3.8) is 0 Å². The Bertz CT molecular complexity index is 561. The molecule has 7 nitrogen and oxygen atoms in total. The number of hydrogen-bond donors (Lipinski definition) is 3. The summed E-state index contributed by atoms with van der Waals surface area (Å²) in [7, 11) is 0. The van der Waals surface area contributed by atoms with Gasteiger partial charge in [-0.05, 0) is 5.56 Å². The molecule has 7 heteroatoms. The van der Waals surface area contributed by atoms with Crippen LogP contribution in [0.15, 0.2) is 30.3 Å². The largest absolute Gasteiger partial charge is 0.480 e. The molecule has 22 heavy (non-hydrogen) atoms. The van der Waals surface area contributed by atoms with Crippen LogP contribution in [-0.2, 0) is 20.8 Å². The summed E-state index contributed by atoms with van der Waals surface area (Å²) in [6, 6.07) is 7.95. The highest BCUT2D eigenvalue weighted by Crippen LogP contribution is 2.18. The number of nitrogens with zero attached hydrogens (tertiary/aromatic N) is 1. The van der Waals surface area contributed by atoms with Crippen molar-refractivity contribution in [2.24, 2.45) is 5.73 Å². The smallest absolute Gasteiger partial charge is 0.326 e. The molecule has 1 fully saturated rings. The maximum atomic E-state index is 12.0. The third kappa shape index (κ3) is 3.82. The number of benzene rings is 1. The molecule has 118 valence electrons. The van der Waals surface area contributed by atoms with Crippen LogP contribution in [0.2, 0.25) is 0 Å². The Labute approximate surface area is 128 Å². The fourth-order valence-corrected chi connectivity index (χ4v) is 2.63. The van der Waals surface area contributed by atoms with Crippen molar-refractivity contribution >= 4 is 17.8 Å². The summed E-state index contributed by atoms with van der Waals surface area (Å²) in [5.41, 5.74) is 6.17. The number of rotatable bonds is 5. The van der Waals surface area contributed by atoms with Crippen LogP contribution < -0.4 is 11.1 Å². The zero-order valence-electron chi connectivity index (χ0n) is 12.1. The summed E-state index contributed by atoms with van der Waals surface area (Å²) in [6.45, 7) is -0.0675. The SMILES string of the molecule is NCC(=O)N1CC(NC(=O)Cc2ccccc2)CC1C(=O)O. The van der Waals surface area contributed by atoms with E-state index in [9.17, 15) is 14.4 Å². The second-order valence-electron chi connectivity index (χ2n) is 5.27. The van der Waals surface area contributed by atoms with Crippen LogP contribution in [0.1, 0.15) is 12.0 Å². The van der Waals surface area contributed by atoms with Gasteiger partial charge in [-0.1, -0.05) is 30.3 Å². The number of hydrogen-bond acceptors (Lipinski definition) is 4. The quantitative estimate of drug-likeness (QED) is 0.669. The summed E-state index contributed by atoms with van der Waals surface area (Å²) < 4.78 is 0. The zero-order chi connectivity index (χ0) is 16.1. The first-order valence-electron chi connectivity index (χ1n) is 7.07. The van der Waals surface area contributed by atoms with Crippen molar-refractivity contribution in [1.29, 1.82) is 0 Å². The Hall–Kier alpha value is -2.41. The van der Waals surface area contributed by atoms with Gasteiger partial charge < -0.3 is 21.1 Å². The van der Waals surface area contributed by atoms with E-state index < -0.39 is 17.9 Å². The number of likely N-dealkylation sites (tertiary alicyclic amines) is 1. The first-order valence-corrected chi connectivity index (χ1v) is 7.07. The predicted molar refractivity (Wildman–Crippen MR) is 78.9 cm³/mol. The molecule has 0 aromatic heterocycles. The number of nitrogens with two attached hydrogens (primary N) is 1. The highest BCUT2D eigenvalue weighted by molar-refractivity contribution is 5.86. The minimum absolute atomic E-state index is 0.174. The van der Waals surface area contributed by atoms with Crippen LogP contribution in [0.25, 0.3) is 0 Å². The Morgan fingerprint density at radius 1 is 1.27 bits per heavy atom. The van der Waals surface area contributed by atoms with Crippen molar-refractivity contribution in [3.05, 3.63) is 35.9 Å². The van der Waals surface area contributed by atoms with Crippen LogP contribution in [0, 0.1) is 0 Å². The highest BCUT2D eigenvalue weighted by Gasteiger charge is 2.39. The molecule has 1 heterocycles. The molecule has 0 saturated carbocycles. The molecule has 1 saturated heterocycles. The lowest BCUT2D eigenvalue weighted by Crippen LogP contribution is -2.44. The molecule has 4 N–H and O–H groups in total. The second kappa shape index (κ2) is 7.04. The van der Waals surface area contributed by atoms with Gasteiger partial charge in [-0.15, -0.1) is 0 Å². The molecule has 0 bridgehead atoms. The maximum absolute atomic E-state index is 12.0. The first kappa shape index (κ1) is 16.0. The van der Waals surface area contributed by atoms with Gasteiger partial charge >= 0.3 is 5.97 Å². The van der Waals surface area contributed by atoms with Crippen molar-refractivity contribution < 1.29 is 19.5 Å². The summed E-state index contributed by atoms with van der Waals surface area (Å²) >= 11 is 0. The van der Waals surface area contributed by atoms with Crippen LogP contribution >= 0.6 is 0 Å². The van der Waals surface area contributed by atoms with E-state index in [4.69, 9.17) is 10.8 Å². The minimum atomic E-state index is -1.08. The van der Waals surface area contributed by atoms with E-state index in [0.717, 1.165) is 5.56 Å². The number of carboxylic acids is 1. The van der Waals surface area contributed by atoms with Crippen molar-refractivity contribution in [2.75, 3.05) is 13.1 Å². The fourth-order valence-electron chi connectivity index (χ4n) is 2.63. The molecule has 0 aliphatic carbocycles. The summed E-state index contributed by atoms with van der Waals surface area (Å²) in [6.07, 6.45) is 0.418. The van der Waals surface area contributed by atoms with Gasteiger partial charge in [-0.2, -0.15) is 0 Å². The summed E-state index contributed by atoms with van der Waals surface area (Å²) in [5.74, 6) is -1.70. The van der Waals surface area contributed by atoms with E-state index in [1.165, 1.54) is 4.90 Å². The molecule has 1 aromatic carbocycles. The van der Waals surface area contributed by atoms with Gasteiger partial charge in [0.25, 0.3) is 0 Å². The standard InChI is InChI=1S/C15H19N3O4/c16-8-14(20)18-9-11(7-12(18)15(21)22)17-13(19)6-10-4-2-1-3-5-10/h1-5,11-12H,6-9,16H2,(H,17,19)(H,21,22). The molecule has 1 aromatic rings. The Morgan fingerprint density at radius 3 is 2.55 bits per heavy atom. The molecule has 2 rings (SSSR count). The lowest BCUT2D eigenvalue weighted by Gasteiger charge is -2.20. The minimum Gasteiger partial charge on any atom is -0.480 e. The second-order valence-corrected chi connectivity index (χ2v) is 5.27. The van der Waals surface area contributed by atoms with Gasteiger partial charge in [0.2, 0.25) is 11.8 Å². The van der Waals surface area contributed by atoms with Gasteiger partial charge in [-0.25, -0.2) is 4.79 Å². The van der Waals surface area contributed by atoms with Gasteiger partial charge in [-0.3, -0.25) is 9.59 Å². The molecular formula is C15H19N3O4. The number of aliphatic carboxylic acids is 1. The number of carboxylic acid groups (broad SMARTS) is 1. The topological polar surface area (TPSA) is 113 Å².